The number of nitrogens with two attached hydrogens (primary N) is 1. The van der Waals surface area contributed by atoms with Crippen LogP contribution in [-0.4, -0.2) is 11.7 Å². The minimum atomic E-state index is -0.445. The van der Waals surface area contributed by atoms with Crippen LogP contribution in [0.15, 0.2) is 35.1 Å². The van der Waals surface area contributed by atoms with Gasteiger partial charge >= 0.3 is 0 Å². The predicted molar refractivity (Wildman–Crippen MR) is 75.4 cm³/mol. The summed E-state index contributed by atoms with van der Waals surface area (Å²) < 4.78 is 20.6. The molecule has 0 aliphatic heterocycles. The zero-order valence-corrected chi connectivity index (χ0v) is 11.5. The molecule has 0 atom stereocenters. The molecule has 5 heteroatoms. The Morgan fingerprint density at radius 3 is 2.65 bits per heavy atom. The van der Waals surface area contributed by atoms with Crippen LogP contribution in [0.5, 0.6) is 5.75 Å². The molecule has 1 heterocycles. The first-order valence-electron chi connectivity index (χ1n) is 6.29. The summed E-state index contributed by atoms with van der Waals surface area (Å²) in [4.78, 5) is 12.2. The van der Waals surface area contributed by atoms with Crippen LogP contribution in [0, 0.1) is 12.7 Å². The molecule has 4 nitrogen and oxygen atoms in total. The minimum absolute atomic E-state index is 0.154. The molecule has 0 spiro atoms. The van der Waals surface area contributed by atoms with Gasteiger partial charge in [-0.2, -0.15) is 0 Å². The summed E-state index contributed by atoms with van der Waals surface area (Å²) in [6.07, 6.45) is 0. The fourth-order valence-electron chi connectivity index (χ4n) is 2.07. The molecule has 1 aromatic heterocycles. The largest absolute Gasteiger partial charge is 0.494 e. The van der Waals surface area contributed by atoms with Crippen molar-refractivity contribution < 1.29 is 9.13 Å². The fourth-order valence-corrected chi connectivity index (χ4v) is 2.07. The van der Waals surface area contributed by atoms with Gasteiger partial charge in [0, 0.05) is 23.4 Å². The molecule has 0 amide bonds. The highest BCUT2D eigenvalue weighted by Gasteiger charge is 2.11. The van der Waals surface area contributed by atoms with Crippen LogP contribution >= 0.6 is 0 Å². The first-order valence-corrected chi connectivity index (χ1v) is 6.29. The molecular weight excluding hydrogens is 259 g/mol. The van der Waals surface area contributed by atoms with Crippen LogP contribution < -0.4 is 16.0 Å². The van der Waals surface area contributed by atoms with Gasteiger partial charge in [0.1, 0.15) is 0 Å². The maximum Gasteiger partial charge on any atom is 0.255 e. The Bertz CT molecular complexity index is 680. The highest BCUT2D eigenvalue weighted by molar-refractivity contribution is 5.31. The number of halogens is 1. The summed E-state index contributed by atoms with van der Waals surface area (Å²) >= 11 is 0. The van der Waals surface area contributed by atoms with Gasteiger partial charge in [0.15, 0.2) is 11.6 Å². The van der Waals surface area contributed by atoms with Crippen LogP contribution in [0.2, 0.25) is 0 Å². The van der Waals surface area contributed by atoms with Crippen molar-refractivity contribution in [1.82, 2.24) is 4.57 Å². The lowest BCUT2D eigenvalue weighted by Crippen LogP contribution is -2.27. The summed E-state index contributed by atoms with van der Waals surface area (Å²) in [6, 6.07) is 8.39. The van der Waals surface area contributed by atoms with E-state index in [1.807, 2.05) is 6.07 Å². The molecule has 0 saturated carbocycles. The van der Waals surface area contributed by atoms with Gasteiger partial charge in [-0.3, -0.25) is 4.79 Å². The summed E-state index contributed by atoms with van der Waals surface area (Å²) in [5.41, 5.74) is 7.02. The molecule has 20 heavy (non-hydrogen) atoms. The highest BCUT2D eigenvalue weighted by Crippen LogP contribution is 2.20. The van der Waals surface area contributed by atoms with E-state index >= 15 is 0 Å². The first kappa shape index (κ1) is 14.3. The molecule has 2 N–H and O–H groups in total. The van der Waals surface area contributed by atoms with Gasteiger partial charge in [-0.15, -0.1) is 0 Å². The number of aromatic nitrogens is 1. The number of nitrogens with zero attached hydrogens (tertiary/aromatic N) is 1. The van der Waals surface area contributed by atoms with E-state index in [2.05, 4.69) is 0 Å². The number of aryl methyl sites for hydroxylation is 1. The summed E-state index contributed by atoms with van der Waals surface area (Å²) in [5, 5.41) is 0. The molecule has 1 aromatic carbocycles. The molecule has 106 valence electrons. The molecule has 0 saturated heterocycles. The molecule has 2 rings (SSSR count). The van der Waals surface area contributed by atoms with Crippen LogP contribution in [-0.2, 0) is 13.1 Å². The number of benzene rings is 1. The minimum Gasteiger partial charge on any atom is -0.494 e. The van der Waals surface area contributed by atoms with E-state index in [9.17, 15) is 9.18 Å². The molecule has 0 fully saturated rings. The normalized spacial score (nSPS) is 10.6. The van der Waals surface area contributed by atoms with Crippen molar-refractivity contribution in [2.45, 2.75) is 20.0 Å². The number of methoxy groups -OCH3 is 1. The SMILES string of the molecule is COc1cccc(Cn2c(C)ccc(CN)c2=O)c1F. The van der Waals surface area contributed by atoms with Crippen LogP contribution in [0.4, 0.5) is 4.39 Å². The van der Waals surface area contributed by atoms with Crippen molar-refractivity contribution in [1.29, 1.82) is 0 Å². The molecule has 2 aromatic rings. The highest BCUT2D eigenvalue weighted by atomic mass is 19.1. The number of hydrogen-bond acceptors (Lipinski definition) is 3. The van der Waals surface area contributed by atoms with E-state index in [0.29, 0.717) is 11.1 Å². The second-order valence-electron chi connectivity index (χ2n) is 4.53. The van der Waals surface area contributed by atoms with Gasteiger partial charge in [0.2, 0.25) is 0 Å². The summed E-state index contributed by atoms with van der Waals surface area (Å²) in [6.45, 7) is 2.13. The second kappa shape index (κ2) is 5.88. The van der Waals surface area contributed by atoms with E-state index in [0.717, 1.165) is 5.69 Å². The van der Waals surface area contributed by atoms with E-state index < -0.39 is 5.82 Å². The molecule has 0 aliphatic carbocycles. The van der Waals surface area contributed by atoms with Gasteiger partial charge in [0.05, 0.1) is 13.7 Å². The Kier molecular flexibility index (Phi) is 4.20. The smallest absolute Gasteiger partial charge is 0.255 e. The maximum absolute atomic E-state index is 14.1. The Morgan fingerprint density at radius 2 is 2.00 bits per heavy atom. The third kappa shape index (κ3) is 2.58. The summed E-state index contributed by atoms with van der Waals surface area (Å²) in [5.74, 6) is -0.275. The van der Waals surface area contributed by atoms with Crippen molar-refractivity contribution in [2.75, 3.05) is 7.11 Å². The molecular formula is C15H17FN2O2. The zero-order valence-electron chi connectivity index (χ0n) is 11.5. The Balaban J connectivity index is 2.48. The van der Waals surface area contributed by atoms with Gasteiger partial charge in [-0.25, -0.2) is 4.39 Å². The third-order valence-corrected chi connectivity index (χ3v) is 3.28. The fraction of sp³-hybridized carbons (Fsp3) is 0.267. The lowest BCUT2D eigenvalue weighted by molar-refractivity contribution is 0.383. The average Bonchev–Trinajstić information content (AvgIpc) is 2.45. The van der Waals surface area contributed by atoms with Gasteiger partial charge in [0.25, 0.3) is 5.56 Å². The number of rotatable bonds is 4. The average molecular weight is 276 g/mol. The predicted octanol–water partition coefficient (Wildman–Crippen LogP) is 1.81. The van der Waals surface area contributed by atoms with Crippen molar-refractivity contribution in [3.05, 3.63) is 63.3 Å². The third-order valence-electron chi connectivity index (χ3n) is 3.28. The molecule has 0 unspecified atom stereocenters. The van der Waals surface area contributed by atoms with E-state index in [4.69, 9.17) is 10.5 Å². The van der Waals surface area contributed by atoms with Crippen molar-refractivity contribution >= 4 is 0 Å². The van der Waals surface area contributed by atoms with E-state index in [1.54, 1.807) is 31.2 Å². The number of ether oxygens (including phenoxy) is 1. The Hall–Kier alpha value is -2.14. The molecule has 0 aliphatic rings. The topological polar surface area (TPSA) is 57.2 Å². The quantitative estimate of drug-likeness (QED) is 0.926. The van der Waals surface area contributed by atoms with Crippen LogP contribution in [0.1, 0.15) is 16.8 Å². The second-order valence-corrected chi connectivity index (χ2v) is 4.53. The summed E-state index contributed by atoms with van der Waals surface area (Å²) in [7, 11) is 1.41. The van der Waals surface area contributed by atoms with Gasteiger partial charge in [-0.1, -0.05) is 18.2 Å². The number of pyridine rings is 1. The Morgan fingerprint density at radius 1 is 1.25 bits per heavy atom. The molecule has 0 radical (unpaired) electrons. The van der Waals surface area contributed by atoms with E-state index in [-0.39, 0.29) is 24.4 Å². The molecule has 0 bridgehead atoms. The zero-order chi connectivity index (χ0) is 14.7. The maximum atomic E-state index is 14.1. The van der Waals surface area contributed by atoms with Crippen LogP contribution in [0.3, 0.4) is 0 Å². The van der Waals surface area contributed by atoms with Crippen LogP contribution in [0.25, 0.3) is 0 Å². The van der Waals surface area contributed by atoms with E-state index in [1.165, 1.54) is 11.7 Å². The van der Waals surface area contributed by atoms with Crippen molar-refractivity contribution in [2.24, 2.45) is 5.73 Å². The van der Waals surface area contributed by atoms with Gasteiger partial charge in [-0.05, 0) is 19.1 Å². The van der Waals surface area contributed by atoms with Crippen molar-refractivity contribution in [3.63, 3.8) is 0 Å². The lowest BCUT2D eigenvalue weighted by atomic mass is 10.1. The van der Waals surface area contributed by atoms with Gasteiger partial charge < -0.3 is 15.0 Å². The number of hydrogen-bond donors (Lipinski definition) is 1. The first-order chi connectivity index (χ1) is 9.58. The standard InChI is InChI=1S/C15H17FN2O2/c1-10-6-7-11(8-17)15(19)18(10)9-12-4-3-5-13(20-2)14(12)16/h3-7H,8-9,17H2,1-2H3. The van der Waals surface area contributed by atoms with Crippen molar-refractivity contribution in [3.8, 4) is 5.75 Å². The Labute approximate surface area is 116 Å². The monoisotopic (exact) mass is 276 g/mol. The lowest BCUT2D eigenvalue weighted by Gasteiger charge is -2.13.